The number of rotatable bonds is 2. The first-order valence-corrected chi connectivity index (χ1v) is 3.61. The zero-order valence-corrected chi connectivity index (χ0v) is 6.88. The van der Waals surface area contributed by atoms with Crippen LogP contribution in [-0.2, 0) is 0 Å². The lowest BCUT2D eigenvalue weighted by molar-refractivity contribution is -0.0181. The normalized spacial score (nSPS) is 13.9. The summed E-state index contributed by atoms with van der Waals surface area (Å²) in [6, 6.07) is 1.45. The molecule has 0 aliphatic rings. The van der Waals surface area contributed by atoms with Crippen molar-refractivity contribution >= 4 is 15.9 Å². The SMILES string of the molecule is OC(c1occc1Br)C(F)F. The summed E-state index contributed by atoms with van der Waals surface area (Å²) in [5.74, 6) is -0.139. The lowest BCUT2D eigenvalue weighted by atomic mass is 10.3. The van der Waals surface area contributed by atoms with Crippen LogP contribution in [0.3, 0.4) is 0 Å². The van der Waals surface area contributed by atoms with Gasteiger partial charge in [-0.3, -0.25) is 0 Å². The van der Waals surface area contributed by atoms with E-state index in [-0.39, 0.29) is 5.76 Å². The van der Waals surface area contributed by atoms with Crippen LogP contribution in [0.1, 0.15) is 11.9 Å². The Morgan fingerprint density at radius 2 is 2.18 bits per heavy atom. The van der Waals surface area contributed by atoms with Gasteiger partial charge in [0.1, 0.15) is 0 Å². The van der Waals surface area contributed by atoms with Gasteiger partial charge in [-0.15, -0.1) is 0 Å². The maximum absolute atomic E-state index is 11.8. The summed E-state index contributed by atoms with van der Waals surface area (Å²) in [5, 5.41) is 8.79. The van der Waals surface area contributed by atoms with Gasteiger partial charge in [-0.05, 0) is 22.0 Å². The van der Waals surface area contributed by atoms with Gasteiger partial charge in [-0.2, -0.15) is 0 Å². The second kappa shape index (κ2) is 3.32. The first kappa shape index (κ1) is 8.67. The number of hydrogen-bond acceptors (Lipinski definition) is 2. The molecule has 5 heteroatoms. The Balaban J connectivity index is 2.84. The van der Waals surface area contributed by atoms with Gasteiger partial charge in [0.2, 0.25) is 0 Å². The molecule has 1 heterocycles. The van der Waals surface area contributed by atoms with E-state index in [1.807, 2.05) is 0 Å². The van der Waals surface area contributed by atoms with Crippen LogP contribution in [0.5, 0.6) is 0 Å². The van der Waals surface area contributed by atoms with Gasteiger partial charge in [0.05, 0.1) is 10.7 Å². The molecule has 0 aromatic carbocycles. The van der Waals surface area contributed by atoms with E-state index in [2.05, 4.69) is 20.3 Å². The fourth-order valence-electron chi connectivity index (χ4n) is 0.631. The Morgan fingerprint density at radius 1 is 1.55 bits per heavy atom. The Kier molecular flexibility index (Phi) is 2.62. The molecule has 1 aromatic rings. The molecule has 1 atom stereocenters. The molecule has 11 heavy (non-hydrogen) atoms. The Morgan fingerprint density at radius 3 is 2.55 bits per heavy atom. The van der Waals surface area contributed by atoms with Crippen LogP contribution in [0.4, 0.5) is 8.78 Å². The summed E-state index contributed by atoms with van der Waals surface area (Å²) in [6.45, 7) is 0. The summed E-state index contributed by atoms with van der Waals surface area (Å²) in [7, 11) is 0. The van der Waals surface area contributed by atoms with Gasteiger partial charge in [-0.1, -0.05) is 0 Å². The molecule has 0 saturated heterocycles. The van der Waals surface area contributed by atoms with Gasteiger partial charge in [0, 0.05) is 0 Å². The largest absolute Gasteiger partial charge is 0.465 e. The maximum atomic E-state index is 11.8. The van der Waals surface area contributed by atoms with Crippen LogP contribution in [0.2, 0.25) is 0 Å². The Labute approximate surface area is 69.9 Å². The van der Waals surface area contributed by atoms with Crippen molar-refractivity contribution in [3.63, 3.8) is 0 Å². The van der Waals surface area contributed by atoms with Gasteiger partial charge >= 0.3 is 0 Å². The summed E-state index contributed by atoms with van der Waals surface area (Å²) in [5.41, 5.74) is 0. The van der Waals surface area contributed by atoms with E-state index in [0.29, 0.717) is 4.47 Å². The maximum Gasteiger partial charge on any atom is 0.271 e. The average molecular weight is 227 g/mol. The molecule has 0 fully saturated rings. The zero-order valence-electron chi connectivity index (χ0n) is 5.30. The van der Waals surface area contributed by atoms with Crippen LogP contribution >= 0.6 is 15.9 Å². The number of aliphatic hydroxyl groups excluding tert-OH is 1. The predicted molar refractivity (Wildman–Crippen MR) is 37.4 cm³/mol. The molecule has 1 N–H and O–H groups in total. The molecule has 0 aliphatic heterocycles. The highest BCUT2D eigenvalue weighted by molar-refractivity contribution is 9.10. The fraction of sp³-hybridized carbons (Fsp3) is 0.333. The highest BCUT2D eigenvalue weighted by Gasteiger charge is 2.24. The summed E-state index contributed by atoms with van der Waals surface area (Å²) in [6.07, 6.45) is -3.44. The summed E-state index contributed by atoms with van der Waals surface area (Å²) >= 11 is 2.95. The molecule has 0 amide bonds. The summed E-state index contributed by atoms with van der Waals surface area (Å²) < 4.78 is 28.6. The lowest BCUT2D eigenvalue weighted by Crippen LogP contribution is -2.07. The third-order valence-corrected chi connectivity index (χ3v) is 1.81. The number of aliphatic hydroxyl groups is 1. The van der Waals surface area contributed by atoms with Crippen molar-refractivity contribution in [2.45, 2.75) is 12.5 Å². The van der Waals surface area contributed by atoms with E-state index in [4.69, 9.17) is 5.11 Å². The molecule has 0 saturated carbocycles. The molecular formula is C6H5BrF2O2. The van der Waals surface area contributed by atoms with Crippen molar-refractivity contribution in [1.29, 1.82) is 0 Å². The second-order valence-corrected chi connectivity index (χ2v) is 2.77. The number of hydrogen-bond donors (Lipinski definition) is 1. The van der Waals surface area contributed by atoms with E-state index in [9.17, 15) is 8.78 Å². The van der Waals surface area contributed by atoms with Crippen molar-refractivity contribution in [1.82, 2.24) is 0 Å². The van der Waals surface area contributed by atoms with Gasteiger partial charge in [0.15, 0.2) is 11.9 Å². The highest BCUT2D eigenvalue weighted by Crippen LogP contribution is 2.28. The average Bonchev–Trinajstić information content (AvgIpc) is 2.33. The van der Waals surface area contributed by atoms with Crippen molar-refractivity contribution in [3.8, 4) is 0 Å². The molecular weight excluding hydrogens is 222 g/mol. The van der Waals surface area contributed by atoms with E-state index < -0.39 is 12.5 Å². The minimum absolute atomic E-state index is 0.139. The molecule has 0 aliphatic carbocycles. The van der Waals surface area contributed by atoms with Gasteiger partial charge < -0.3 is 9.52 Å². The number of furan rings is 1. The van der Waals surface area contributed by atoms with E-state index >= 15 is 0 Å². The Hall–Kier alpha value is -0.420. The van der Waals surface area contributed by atoms with Crippen molar-refractivity contribution in [3.05, 3.63) is 22.6 Å². The first-order chi connectivity index (χ1) is 5.13. The molecule has 1 rings (SSSR count). The quantitative estimate of drug-likeness (QED) is 0.840. The first-order valence-electron chi connectivity index (χ1n) is 2.82. The van der Waals surface area contributed by atoms with Crippen molar-refractivity contribution in [2.75, 3.05) is 0 Å². The topological polar surface area (TPSA) is 33.4 Å². The minimum Gasteiger partial charge on any atom is -0.465 e. The molecule has 1 aromatic heterocycles. The van der Waals surface area contributed by atoms with Crippen molar-refractivity contribution < 1.29 is 18.3 Å². The predicted octanol–water partition coefficient (Wildman–Crippen LogP) is 2.34. The lowest BCUT2D eigenvalue weighted by Gasteiger charge is -2.05. The smallest absolute Gasteiger partial charge is 0.271 e. The standard InChI is InChI=1S/C6H5BrF2O2/c7-3-1-2-11-5(3)4(10)6(8)9/h1-2,4,6,10H. The van der Waals surface area contributed by atoms with Crippen LogP contribution < -0.4 is 0 Å². The van der Waals surface area contributed by atoms with E-state index in [1.165, 1.54) is 12.3 Å². The Bertz CT molecular complexity index is 236. The highest BCUT2D eigenvalue weighted by atomic mass is 79.9. The third-order valence-electron chi connectivity index (χ3n) is 1.15. The second-order valence-electron chi connectivity index (χ2n) is 1.91. The molecule has 0 spiro atoms. The fourth-order valence-corrected chi connectivity index (χ4v) is 1.07. The van der Waals surface area contributed by atoms with Crippen LogP contribution in [0.15, 0.2) is 21.2 Å². The number of halogens is 3. The number of alkyl halides is 2. The third kappa shape index (κ3) is 1.78. The van der Waals surface area contributed by atoms with E-state index in [1.54, 1.807) is 0 Å². The zero-order chi connectivity index (χ0) is 8.43. The summed E-state index contributed by atoms with van der Waals surface area (Å²) in [4.78, 5) is 0. The molecule has 0 radical (unpaired) electrons. The van der Waals surface area contributed by atoms with Crippen LogP contribution in [-0.4, -0.2) is 11.5 Å². The van der Waals surface area contributed by atoms with E-state index in [0.717, 1.165) is 0 Å². The monoisotopic (exact) mass is 226 g/mol. The molecule has 2 nitrogen and oxygen atoms in total. The molecule has 62 valence electrons. The van der Waals surface area contributed by atoms with Gasteiger partial charge in [-0.25, -0.2) is 8.78 Å². The van der Waals surface area contributed by atoms with Crippen LogP contribution in [0, 0.1) is 0 Å². The van der Waals surface area contributed by atoms with Gasteiger partial charge in [0.25, 0.3) is 6.43 Å². The minimum atomic E-state index is -2.82. The molecule has 1 unspecified atom stereocenters. The van der Waals surface area contributed by atoms with Crippen molar-refractivity contribution in [2.24, 2.45) is 0 Å². The molecule has 0 bridgehead atoms. The van der Waals surface area contributed by atoms with Crippen LogP contribution in [0.25, 0.3) is 0 Å².